The lowest BCUT2D eigenvalue weighted by Crippen LogP contribution is -2.27. The largest absolute Gasteiger partial charge is 0.436 e. The zero-order valence-electron chi connectivity index (χ0n) is 16.6. The zero-order chi connectivity index (χ0) is 19.3. The average Bonchev–Trinajstić information content (AvgIpc) is 3.13. The van der Waals surface area contributed by atoms with Crippen molar-refractivity contribution >= 4 is 46.8 Å². The van der Waals surface area contributed by atoms with Crippen LogP contribution in [0.4, 0.5) is 4.39 Å². The third kappa shape index (κ3) is 3.97. The van der Waals surface area contributed by atoms with Gasteiger partial charge in [0.15, 0.2) is 5.58 Å². The Balaban J connectivity index is 0.00000128. The minimum absolute atomic E-state index is 0. The van der Waals surface area contributed by atoms with Crippen molar-refractivity contribution in [2.24, 2.45) is 0 Å². The van der Waals surface area contributed by atoms with Gasteiger partial charge in [0, 0.05) is 28.6 Å². The lowest BCUT2D eigenvalue weighted by molar-refractivity contribution is 0.451. The number of pyridine rings is 1. The van der Waals surface area contributed by atoms with E-state index < -0.39 is 0 Å². The summed E-state index contributed by atoms with van der Waals surface area (Å²) >= 11 is 0. The highest BCUT2D eigenvalue weighted by Crippen LogP contribution is 2.31. The molecule has 1 aromatic carbocycles. The van der Waals surface area contributed by atoms with Gasteiger partial charge >= 0.3 is 0 Å². The molecule has 0 radical (unpaired) electrons. The fourth-order valence-electron chi connectivity index (χ4n) is 3.91. The Morgan fingerprint density at radius 2 is 1.77 bits per heavy atom. The number of piperidine rings is 1. The molecule has 6 nitrogen and oxygen atoms in total. The normalized spacial score (nSPS) is 14.5. The maximum atomic E-state index is 14.9. The predicted octanol–water partition coefficient (Wildman–Crippen LogP) is 4.90. The van der Waals surface area contributed by atoms with Crippen molar-refractivity contribution in [3.8, 4) is 11.5 Å². The summed E-state index contributed by atoms with van der Waals surface area (Å²) in [6, 6.07) is 6.90. The first-order valence-corrected chi connectivity index (χ1v) is 9.51. The van der Waals surface area contributed by atoms with Crippen molar-refractivity contribution in [2.45, 2.75) is 32.6 Å². The number of oxazole rings is 1. The highest BCUT2D eigenvalue weighted by atomic mass is 35.5. The summed E-state index contributed by atoms with van der Waals surface area (Å²) in [5, 5.41) is 12.5. The highest BCUT2D eigenvalue weighted by Gasteiger charge is 2.19. The van der Waals surface area contributed by atoms with Crippen molar-refractivity contribution in [2.75, 3.05) is 13.1 Å². The second kappa shape index (κ2) is 8.79. The molecule has 30 heavy (non-hydrogen) atoms. The molecule has 0 unspecified atom stereocenters. The summed E-state index contributed by atoms with van der Waals surface area (Å²) in [6.45, 7) is 5.70. The summed E-state index contributed by atoms with van der Waals surface area (Å²) in [4.78, 5) is 8.92. The van der Waals surface area contributed by atoms with Crippen LogP contribution in [0.1, 0.15) is 35.8 Å². The van der Waals surface area contributed by atoms with E-state index in [0.717, 1.165) is 43.0 Å². The van der Waals surface area contributed by atoms with E-state index in [-0.39, 0.29) is 30.6 Å². The Hall–Kier alpha value is -2.35. The summed E-state index contributed by atoms with van der Waals surface area (Å²) in [5.74, 6) is 0.342. The van der Waals surface area contributed by atoms with Crippen molar-refractivity contribution in [3.05, 3.63) is 47.2 Å². The van der Waals surface area contributed by atoms with Gasteiger partial charge in [0.05, 0.1) is 16.9 Å². The maximum absolute atomic E-state index is 14.9. The molecule has 0 amide bonds. The second-order valence-electron chi connectivity index (χ2n) is 7.40. The van der Waals surface area contributed by atoms with Crippen molar-refractivity contribution in [1.82, 2.24) is 25.5 Å². The second-order valence-corrected chi connectivity index (χ2v) is 7.40. The van der Waals surface area contributed by atoms with E-state index in [9.17, 15) is 4.39 Å². The van der Waals surface area contributed by atoms with E-state index in [1.165, 1.54) is 6.07 Å². The minimum atomic E-state index is -0.342. The van der Waals surface area contributed by atoms with Crippen molar-refractivity contribution in [3.63, 3.8) is 0 Å². The summed E-state index contributed by atoms with van der Waals surface area (Å²) < 4.78 is 20.8. The number of hydrogen-bond donors (Lipinski definition) is 1. The van der Waals surface area contributed by atoms with Crippen LogP contribution in [0, 0.1) is 19.7 Å². The van der Waals surface area contributed by atoms with Crippen LogP contribution in [0.3, 0.4) is 0 Å². The van der Waals surface area contributed by atoms with Gasteiger partial charge < -0.3 is 9.73 Å². The predicted molar refractivity (Wildman–Crippen MR) is 119 cm³/mol. The number of nitrogens with zero attached hydrogens (tertiary/aromatic N) is 4. The number of fused-ring (bicyclic) bond motifs is 2. The van der Waals surface area contributed by atoms with Crippen LogP contribution >= 0.6 is 24.8 Å². The molecule has 1 saturated heterocycles. The molecule has 0 saturated carbocycles. The molecule has 5 rings (SSSR count). The molecule has 0 spiro atoms. The van der Waals surface area contributed by atoms with Crippen LogP contribution in [0.25, 0.3) is 33.5 Å². The minimum Gasteiger partial charge on any atom is -0.436 e. The van der Waals surface area contributed by atoms with Crippen LogP contribution in [-0.2, 0) is 0 Å². The number of halogens is 3. The monoisotopic (exact) mass is 449 g/mol. The summed E-state index contributed by atoms with van der Waals surface area (Å²) in [7, 11) is 0. The molecule has 3 aromatic heterocycles. The molecule has 1 aliphatic rings. The van der Waals surface area contributed by atoms with Crippen LogP contribution in [-0.4, -0.2) is 33.3 Å². The Kier molecular flexibility index (Phi) is 6.55. The van der Waals surface area contributed by atoms with Gasteiger partial charge in [0.25, 0.3) is 0 Å². The average molecular weight is 450 g/mol. The fraction of sp³-hybridized carbons (Fsp3) is 0.333. The van der Waals surface area contributed by atoms with Gasteiger partial charge in [-0.15, -0.1) is 24.8 Å². The zero-order valence-corrected chi connectivity index (χ0v) is 18.2. The first-order chi connectivity index (χ1) is 13.6. The Bertz CT molecular complexity index is 1210. The number of aromatic nitrogens is 4. The van der Waals surface area contributed by atoms with Crippen LogP contribution in [0.2, 0.25) is 0 Å². The van der Waals surface area contributed by atoms with Gasteiger partial charge in [0.1, 0.15) is 11.3 Å². The smallest absolute Gasteiger partial charge is 0.227 e. The summed E-state index contributed by atoms with van der Waals surface area (Å²) in [6.07, 6.45) is 1.99. The van der Waals surface area contributed by atoms with Crippen LogP contribution in [0.5, 0.6) is 0 Å². The van der Waals surface area contributed by atoms with E-state index in [2.05, 4.69) is 25.5 Å². The summed E-state index contributed by atoms with van der Waals surface area (Å²) in [5.41, 5.74) is 4.88. The van der Waals surface area contributed by atoms with Gasteiger partial charge in [-0.3, -0.25) is 4.98 Å². The maximum Gasteiger partial charge on any atom is 0.227 e. The van der Waals surface area contributed by atoms with E-state index in [0.29, 0.717) is 39.4 Å². The van der Waals surface area contributed by atoms with Gasteiger partial charge in [-0.05, 0) is 58.0 Å². The number of aryl methyl sites for hydroxylation is 2. The van der Waals surface area contributed by atoms with E-state index >= 15 is 0 Å². The van der Waals surface area contributed by atoms with E-state index in [1.54, 1.807) is 6.07 Å². The SMILES string of the molecule is Cc1cc2oc(-c3cc(F)c4cc(C5CCNCC5)nnc4c3)nc2c(C)n1.Cl.Cl. The van der Waals surface area contributed by atoms with Gasteiger partial charge in [0.2, 0.25) is 5.89 Å². The first-order valence-electron chi connectivity index (χ1n) is 9.51. The Morgan fingerprint density at radius 1 is 1.00 bits per heavy atom. The molecule has 1 aliphatic heterocycles. The first kappa shape index (κ1) is 22.3. The van der Waals surface area contributed by atoms with Gasteiger partial charge in [-0.25, -0.2) is 9.37 Å². The quantitative estimate of drug-likeness (QED) is 0.468. The lowest BCUT2D eigenvalue weighted by Gasteiger charge is -2.21. The molecular formula is C21H22Cl2FN5O. The standard InChI is InChI=1S/C21H20FN5O.2ClH/c1-11-7-19-20(12(2)24-11)25-21(28-19)14-8-16(22)15-10-17(26-27-18(15)9-14)13-3-5-23-6-4-13;;/h7-10,13,23H,3-6H2,1-2H3;2*1H. The molecule has 4 aromatic rings. The molecule has 1 N–H and O–H groups in total. The fourth-order valence-corrected chi connectivity index (χ4v) is 3.91. The number of hydrogen-bond acceptors (Lipinski definition) is 6. The Morgan fingerprint density at radius 3 is 2.53 bits per heavy atom. The number of benzene rings is 1. The highest BCUT2D eigenvalue weighted by molar-refractivity contribution is 5.86. The molecule has 0 bridgehead atoms. The molecule has 0 atom stereocenters. The van der Waals surface area contributed by atoms with E-state index in [1.807, 2.05) is 26.0 Å². The van der Waals surface area contributed by atoms with Gasteiger partial charge in [-0.1, -0.05) is 0 Å². The third-order valence-electron chi connectivity index (χ3n) is 5.36. The van der Waals surface area contributed by atoms with Crippen molar-refractivity contribution in [1.29, 1.82) is 0 Å². The molecule has 1 fully saturated rings. The lowest BCUT2D eigenvalue weighted by atomic mass is 9.93. The third-order valence-corrected chi connectivity index (χ3v) is 5.36. The topological polar surface area (TPSA) is 76.7 Å². The number of rotatable bonds is 2. The number of nitrogens with one attached hydrogen (secondary N) is 1. The van der Waals surface area contributed by atoms with E-state index in [4.69, 9.17) is 4.42 Å². The molecular weight excluding hydrogens is 428 g/mol. The van der Waals surface area contributed by atoms with Crippen LogP contribution < -0.4 is 5.32 Å². The molecule has 158 valence electrons. The van der Waals surface area contributed by atoms with Crippen molar-refractivity contribution < 1.29 is 8.81 Å². The molecule has 9 heteroatoms. The Labute approximate surface area is 185 Å². The molecule has 4 heterocycles. The van der Waals surface area contributed by atoms with Gasteiger partial charge in [-0.2, -0.15) is 10.2 Å². The van der Waals surface area contributed by atoms with Crippen LogP contribution in [0.15, 0.2) is 28.7 Å². The molecule has 0 aliphatic carbocycles.